The first kappa shape index (κ1) is 30.5. The van der Waals surface area contributed by atoms with Gasteiger partial charge in [0.15, 0.2) is 6.67 Å². The summed E-state index contributed by atoms with van der Waals surface area (Å²) in [6.45, 7) is 12.0. The van der Waals surface area contributed by atoms with Gasteiger partial charge in [-0.25, -0.2) is 0 Å². The van der Waals surface area contributed by atoms with E-state index in [2.05, 4.69) is 38.1 Å². The lowest BCUT2D eigenvalue weighted by atomic mass is 10.0. The van der Waals surface area contributed by atoms with E-state index in [4.69, 9.17) is 0 Å². The molecule has 1 aliphatic heterocycles. The van der Waals surface area contributed by atoms with Crippen molar-refractivity contribution in [2.45, 2.75) is 162 Å². The van der Waals surface area contributed by atoms with Crippen molar-refractivity contribution in [1.29, 1.82) is 0 Å². The maximum absolute atomic E-state index is 2.54. The Morgan fingerprint density at radius 1 is 0.485 bits per heavy atom. The van der Waals surface area contributed by atoms with Gasteiger partial charge in [-0.05, 0) is 32.6 Å². The first-order valence-electron chi connectivity index (χ1n) is 15.6. The molecule has 0 spiro atoms. The number of nitrogens with zero attached hydrogens (tertiary/aromatic N) is 2. The Morgan fingerprint density at radius 2 is 0.818 bits per heavy atom. The Bertz CT molecular complexity index is 433. The van der Waals surface area contributed by atoms with E-state index in [-0.39, 0.29) is 0 Å². The molecule has 0 saturated carbocycles. The van der Waals surface area contributed by atoms with Crippen LogP contribution in [0.5, 0.6) is 0 Å². The average molecular weight is 464 g/mol. The van der Waals surface area contributed by atoms with Crippen LogP contribution in [0.3, 0.4) is 0 Å². The fraction of sp³-hybridized carbons (Fsp3) is 0.935. The topological polar surface area (TPSA) is 3.24 Å². The molecule has 1 unspecified atom stereocenters. The Hall–Kier alpha value is -0.500. The van der Waals surface area contributed by atoms with E-state index in [0.29, 0.717) is 0 Å². The summed E-state index contributed by atoms with van der Waals surface area (Å²) in [4.78, 5) is 2.52. The van der Waals surface area contributed by atoms with Crippen LogP contribution in [0.1, 0.15) is 162 Å². The summed E-state index contributed by atoms with van der Waals surface area (Å²) in [6, 6.07) is 0. The van der Waals surface area contributed by atoms with Crippen molar-refractivity contribution in [1.82, 2.24) is 4.90 Å². The van der Waals surface area contributed by atoms with Crippen LogP contribution in [0.25, 0.3) is 0 Å². The predicted octanol–water partition coefficient (Wildman–Crippen LogP) is 10.2. The van der Waals surface area contributed by atoms with Crippen molar-refractivity contribution in [3.8, 4) is 0 Å². The SMILES string of the molecule is CCCCCCCCCCCCCC[N+]1(CCCCCCCCCCCC)C=CN(CC)C1. The number of hydrogen-bond donors (Lipinski definition) is 0. The minimum absolute atomic E-state index is 1.16. The molecule has 0 fully saturated rings. The Kier molecular flexibility index (Phi) is 20.3. The molecule has 2 heteroatoms. The lowest BCUT2D eigenvalue weighted by Crippen LogP contribution is -2.46. The van der Waals surface area contributed by atoms with E-state index in [1.54, 1.807) is 0 Å². The van der Waals surface area contributed by atoms with Gasteiger partial charge < -0.3 is 4.90 Å². The maximum atomic E-state index is 2.54. The second-order valence-corrected chi connectivity index (χ2v) is 11.1. The molecule has 1 heterocycles. The number of rotatable bonds is 25. The third-order valence-corrected chi connectivity index (χ3v) is 7.88. The van der Waals surface area contributed by atoms with Crippen LogP contribution >= 0.6 is 0 Å². The van der Waals surface area contributed by atoms with Gasteiger partial charge in [0.2, 0.25) is 0 Å². The third-order valence-electron chi connectivity index (χ3n) is 7.88. The highest BCUT2D eigenvalue weighted by Crippen LogP contribution is 2.22. The molecule has 0 radical (unpaired) electrons. The summed E-state index contributed by atoms with van der Waals surface area (Å²) >= 11 is 0. The fourth-order valence-electron chi connectivity index (χ4n) is 5.48. The molecule has 1 rings (SSSR count). The quantitative estimate of drug-likeness (QED) is 0.0961. The molecule has 0 aromatic rings. The van der Waals surface area contributed by atoms with Gasteiger partial charge in [-0.15, -0.1) is 0 Å². The number of quaternary nitrogens is 1. The lowest BCUT2D eigenvalue weighted by molar-refractivity contribution is -0.881. The molecule has 0 amide bonds. The molecule has 196 valence electrons. The second-order valence-electron chi connectivity index (χ2n) is 11.1. The average Bonchev–Trinajstić information content (AvgIpc) is 3.24. The van der Waals surface area contributed by atoms with Crippen LogP contribution in [0.2, 0.25) is 0 Å². The van der Waals surface area contributed by atoms with Gasteiger partial charge >= 0.3 is 0 Å². The maximum Gasteiger partial charge on any atom is 0.158 e. The van der Waals surface area contributed by atoms with E-state index in [1.807, 2.05) is 0 Å². The highest BCUT2D eigenvalue weighted by Gasteiger charge is 2.30. The minimum Gasteiger partial charge on any atom is -0.326 e. The monoisotopic (exact) mass is 463 g/mol. The largest absolute Gasteiger partial charge is 0.326 e. The van der Waals surface area contributed by atoms with Crippen LogP contribution in [0, 0.1) is 0 Å². The molecule has 1 aliphatic rings. The summed E-state index contributed by atoms with van der Waals surface area (Å²) in [5.41, 5.74) is 0. The fourth-order valence-corrected chi connectivity index (χ4v) is 5.48. The van der Waals surface area contributed by atoms with Gasteiger partial charge in [0.1, 0.15) is 6.20 Å². The zero-order valence-electron chi connectivity index (χ0n) is 23.4. The first-order chi connectivity index (χ1) is 16.3. The molecular formula is C31H63N2+. The highest BCUT2D eigenvalue weighted by atomic mass is 15.5. The zero-order valence-corrected chi connectivity index (χ0v) is 23.4. The van der Waals surface area contributed by atoms with Crippen molar-refractivity contribution in [2.75, 3.05) is 26.3 Å². The minimum atomic E-state index is 1.16. The summed E-state index contributed by atoms with van der Waals surface area (Å²) in [7, 11) is 0. The number of hydrogen-bond acceptors (Lipinski definition) is 1. The van der Waals surface area contributed by atoms with Crippen LogP contribution in [0.15, 0.2) is 12.4 Å². The lowest BCUT2D eigenvalue weighted by Gasteiger charge is -2.33. The zero-order chi connectivity index (χ0) is 23.9. The first-order valence-corrected chi connectivity index (χ1v) is 15.6. The predicted molar refractivity (Wildman–Crippen MR) is 149 cm³/mol. The molecule has 0 bridgehead atoms. The summed E-state index contributed by atoms with van der Waals surface area (Å²) in [5, 5.41) is 0. The smallest absolute Gasteiger partial charge is 0.158 e. The Labute approximate surface area is 210 Å². The molecule has 0 aromatic heterocycles. The summed E-state index contributed by atoms with van der Waals surface area (Å²) < 4.78 is 1.24. The van der Waals surface area contributed by atoms with Gasteiger partial charge in [0.05, 0.1) is 19.3 Å². The molecule has 1 atom stereocenters. The van der Waals surface area contributed by atoms with Crippen molar-refractivity contribution in [2.24, 2.45) is 0 Å². The van der Waals surface area contributed by atoms with Crippen LogP contribution < -0.4 is 0 Å². The molecule has 33 heavy (non-hydrogen) atoms. The molecule has 0 aromatic carbocycles. The van der Waals surface area contributed by atoms with Gasteiger partial charge in [-0.1, -0.05) is 129 Å². The van der Waals surface area contributed by atoms with E-state index < -0.39 is 0 Å². The van der Waals surface area contributed by atoms with Gasteiger partial charge in [-0.3, -0.25) is 4.48 Å². The number of unbranched alkanes of at least 4 members (excludes halogenated alkanes) is 20. The van der Waals surface area contributed by atoms with Crippen LogP contribution in [-0.4, -0.2) is 35.7 Å². The molecule has 2 nitrogen and oxygen atoms in total. The van der Waals surface area contributed by atoms with E-state index >= 15 is 0 Å². The van der Waals surface area contributed by atoms with Crippen molar-refractivity contribution in [3.05, 3.63) is 12.4 Å². The van der Waals surface area contributed by atoms with Crippen molar-refractivity contribution < 1.29 is 4.48 Å². The van der Waals surface area contributed by atoms with Gasteiger partial charge in [0.25, 0.3) is 0 Å². The molecule has 0 N–H and O–H groups in total. The standard InChI is InChI=1S/C31H63N2/c1-4-7-9-11-13-15-17-18-20-22-24-26-29-33(30-27-32(6-3)31-33)28-25-23-21-19-16-14-12-10-8-5-2/h27,30H,4-26,28-29,31H2,1-3H3/q+1. The van der Waals surface area contributed by atoms with Crippen LogP contribution in [0.4, 0.5) is 0 Å². The van der Waals surface area contributed by atoms with Crippen LogP contribution in [-0.2, 0) is 0 Å². The van der Waals surface area contributed by atoms with Crippen molar-refractivity contribution in [3.63, 3.8) is 0 Å². The Morgan fingerprint density at radius 3 is 1.12 bits per heavy atom. The summed E-state index contributed by atoms with van der Waals surface area (Å²) in [5.74, 6) is 0. The highest BCUT2D eigenvalue weighted by molar-refractivity contribution is 4.81. The normalized spacial score (nSPS) is 18.0. The molecule has 0 saturated heterocycles. The molecule has 0 aliphatic carbocycles. The van der Waals surface area contributed by atoms with Gasteiger partial charge in [0, 0.05) is 6.54 Å². The van der Waals surface area contributed by atoms with E-state index in [0.717, 1.165) is 6.54 Å². The second kappa shape index (κ2) is 22.0. The third kappa shape index (κ3) is 16.7. The van der Waals surface area contributed by atoms with E-state index in [1.165, 1.54) is 165 Å². The summed E-state index contributed by atoms with van der Waals surface area (Å²) in [6.07, 6.45) is 36.7. The van der Waals surface area contributed by atoms with E-state index in [9.17, 15) is 0 Å². The molecular weight excluding hydrogens is 400 g/mol. The Balaban J connectivity index is 2.06. The van der Waals surface area contributed by atoms with Crippen molar-refractivity contribution >= 4 is 0 Å². The van der Waals surface area contributed by atoms with Gasteiger partial charge in [-0.2, -0.15) is 0 Å².